The van der Waals surface area contributed by atoms with E-state index in [2.05, 4.69) is 30.1 Å². The van der Waals surface area contributed by atoms with Crippen molar-refractivity contribution < 1.29 is 0 Å². The number of likely N-dealkylation sites (tertiary alicyclic amines) is 1. The quantitative estimate of drug-likeness (QED) is 0.884. The molecule has 17 heavy (non-hydrogen) atoms. The van der Waals surface area contributed by atoms with Crippen molar-refractivity contribution in [3.8, 4) is 0 Å². The number of thiophene rings is 1. The van der Waals surface area contributed by atoms with Gasteiger partial charge in [-0.1, -0.05) is 0 Å². The fourth-order valence-electron chi connectivity index (χ4n) is 2.71. The summed E-state index contributed by atoms with van der Waals surface area (Å²) in [5.74, 6) is 0. The van der Waals surface area contributed by atoms with Crippen LogP contribution in [0.25, 0.3) is 0 Å². The van der Waals surface area contributed by atoms with E-state index in [4.69, 9.17) is 0 Å². The van der Waals surface area contributed by atoms with Crippen LogP contribution in [0.3, 0.4) is 0 Å². The van der Waals surface area contributed by atoms with E-state index in [9.17, 15) is 0 Å². The first-order chi connectivity index (χ1) is 8.22. The number of hydrogen-bond acceptors (Lipinski definition) is 3. The topological polar surface area (TPSA) is 15.3 Å². The summed E-state index contributed by atoms with van der Waals surface area (Å²) >= 11 is 1.94. The summed E-state index contributed by atoms with van der Waals surface area (Å²) in [6, 6.07) is 3.99. The molecule has 2 nitrogen and oxygen atoms in total. The second-order valence-corrected chi connectivity index (χ2v) is 6.89. The molecular formula is C14H22N2S. The molecule has 1 saturated heterocycles. The molecule has 2 heterocycles. The van der Waals surface area contributed by atoms with Gasteiger partial charge in [-0.05, 0) is 44.7 Å². The SMILES string of the molecule is Cc1cc(CNC2CCN(C3CC3)C2)sc1C. The number of aryl methyl sites for hydroxylation is 2. The van der Waals surface area contributed by atoms with Crippen LogP contribution < -0.4 is 5.32 Å². The molecule has 1 aliphatic carbocycles. The summed E-state index contributed by atoms with van der Waals surface area (Å²) in [5, 5.41) is 3.72. The molecule has 3 heteroatoms. The van der Waals surface area contributed by atoms with E-state index in [1.807, 2.05) is 11.3 Å². The summed E-state index contributed by atoms with van der Waals surface area (Å²) < 4.78 is 0. The Balaban J connectivity index is 1.48. The van der Waals surface area contributed by atoms with Crippen molar-refractivity contribution in [2.24, 2.45) is 0 Å². The first kappa shape index (κ1) is 11.7. The Morgan fingerprint density at radius 1 is 1.35 bits per heavy atom. The normalized spacial score (nSPS) is 25.6. The van der Waals surface area contributed by atoms with Crippen molar-refractivity contribution in [3.05, 3.63) is 21.4 Å². The number of hydrogen-bond donors (Lipinski definition) is 1. The van der Waals surface area contributed by atoms with Crippen LogP contribution >= 0.6 is 11.3 Å². The second kappa shape index (κ2) is 4.71. The minimum Gasteiger partial charge on any atom is -0.308 e. The summed E-state index contributed by atoms with van der Waals surface area (Å²) in [6.07, 6.45) is 4.21. The average molecular weight is 250 g/mol. The first-order valence-corrected chi connectivity index (χ1v) is 7.57. The van der Waals surface area contributed by atoms with Gasteiger partial charge in [-0.25, -0.2) is 0 Å². The molecule has 2 aliphatic rings. The van der Waals surface area contributed by atoms with Crippen LogP contribution in [-0.2, 0) is 6.54 Å². The van der Waals surface area contributed by atoms with Crippen molar-refractivity contribution in [1.82, 2.24) is 10.2 Å². The van der Waals surface area contributed by atoms with Gasteiger partial charge in [0.15, 0.2) is 0 Å². The van der Waals surface area contributed by atoms with Crippen LogP contribution in [0.2, 0.25) is 0 Å². The maximum atomic E-state index is 3.72. The smallest absolute Gasteiger partial charge is 0.0303 e. The average Bonchev–Trinajstić information content (AvgIpc) is 2.96. The van der Waals surface area contributed by atoms with E-state index in [0.29, 0.717) is 0 Å². The van der Waals surface area contributed by atoms with Crippen LogP contribution in [0.4, 0.5) is 0 Å². The lowest BCUT2D eigenvalue weighted by molar-refractivity contribution is 0.317. The minimum absolute atomic E-state index is 0.721. The van der Waals surface area contributed by atoms with Gasteiger partial charge in [0, 0.05) is 41.5 Å². The summed E-state index contributed by atoms with van der Waals surface area (Å²) in [5.41, 5.74) is 1.44. The van der Waals surface area contributed by atoms with E-state index < -0.39 is 0 Å². The van der Waals surface area contributed by atoms with Crippen molar-refractivity contribution in [2.75, 3.05) is 13.1 Å². The fraction of sp³-hybridized carbons (Fsp3) is 0.714. The van der Waals surface area contributed by atoms with E-state index in [0.717, 1.165) is 18.6 Å². The second-order valence-electron chi connectivity index (χ2n) is 5.54. The molecule has 0 aromatic carbocycles. The third kappa shape index (κ3) is 2.72. The van der Waals surface area contributed by atoms with Crippen LogP contribution in [0.15, 0.2) is 6.07 Å². The highest BCUT2D eigenvalue weighted by molar-refractivity contribution is 7.12. The van der Waals surface area contributed by atoms with Gasteiger partial charge in [-0.3, -0.25) is 4.90 Å². The molecule has 1 N–H and O–H groups in total. The van der Waals surface area contributed by atoms with Crippen molar-refractivity contribution >= 4 is 11.3 Å². The molecule has 2 fully saturated rings. The lowest BCUT2D eigenvalue weighted by atomic mass is 10.2. The van der Waals surface area contributed by atoms with Crippen molar-refractivity contribution in [3.63, 3.8) is 0 Å². The maximum absolute atomic E-state index is 3.72. The Bertz CT molecular complexity index is 375. The Kier molecular flexibility index (Phi) is 3.24. The van der Waals surface area contributed by atoms with Gasteiger partial charge in [0.1, 0.15) is 0 Å². The van der Waals surface area contributed by atoms with Crippen LogP contribution in [-0.4, -0.2) is 30.1 Å². The third-order valence-electron chi connectivity index (χ3n) is 4.06. The molecule has 0 spiro atoms. The highest BCUT2D eigenvalue weighted by Crippen LogP contribution is 2.30. The van der Waals surface area contributed by atoms with E-state index >= 15 is 0 Å². The molecule has 94 valence electrons. The lowest BCUT2D eigenvalue weighted by Crippen LogP contribution is -2.32. The fourth-order valence-corrected chi connectivity index (χ4v) is 3.71. The van der Waals surface area contributed by atoms with Gasteiger partial charge in [-0.2, -0.15) is 0 Å². The zero-order valence-corrected chi connectivity index (χ0v) is 11.6. The van der Waals surface area contributed by atoms with Crippen LogP contribution in [0.5, 0.6) is 0 Å². The molecule has 1 unspecified atom stereocenters. The predicted molar refractivity (Wildman–Crippen MR) is 73.6 cm³/mol. The molecule has 0 amide bonds. The largest absolute Gasteiger partial charge is 0.308 e. The van der Waals surface area contributed by atoms with E-state index in [1.54, 1.807) is 0 Å². The molecular weight excluding hydrogens is 228 g/mol. The first-order valence-electron chi connectivity index (χ1n) is 6.76. The zero-order valence-electron chi connectivity index (χ0n) is 10.8. The minimum atomic E-state index is 0.721. The predicted octanol–water partition coefficient (Wildman–Crippen LogP) is 2.69. The lowest BCUT2D eigenvalue weighted by Gasteiger charge is -2.15. The number of rotatable bonds is 4. The molecule has 1 aliphatic heterocycles. The Morgan fingerprint density at radius 2 is 2.18 bits per heavy atom. The van der Waals surface area contributed by atoms with Gasteiger partial charge in [0.2, 0.25) is 0 Å². The molecule has 1 saturated carbocycles. The van der Waals surface area contributed by atoms with Crippen LogP contribution in [0, 0.1) is 13.8 Å². The standard InChI is InChI=1S/C14H22N2S/c1-10-7-14(17-11(10)2)8-15-12-5-6-16(9-12)13-3-4-13/h7,12-13,15H,3-6,8-9H2,1-2H3. The highest BCUT2D eigenvalue weighted by atomic mass is 32.1. The zero-order chi connectivity index (χ0) is 11.8. The molecule has 0 bridgehead atoms. The van der Waals surface area contributed by atoms with E-state index in [1.165, 1.54) is 47.7 Å². The van der Waals surface area contributed by atoms with E-state index in [-0.39, 0.29) is 0 Å². The van der Waals surface area contributed by atoms with Gasteiger partial charge < -0.3 is 5.32 Å². The third-order valence-corrected chi connectivity index (χ3v) is 5.22. The number of nitrogens with one attached hydrogen (secondary N) is 1. The molecule has 0 radical (unpaired) electrons. The van der Waals surface area contributed by atoms with Crippen molar-refractivity contribution in [1.29, 1.82) is 0 Å². The van der Waals surface area contributed by atoms with Gasteiger partial charge in [-0.15, -0.1) is 11.3 Å². The van der Waals surface area contributed by atoms with Gasteiger partial charge >= 0.3 is 0 Å². The van der Waals surface area contributed by atoms with Gasteiger partial charge in [0.25, 0.3) is 0 Å². The summed E-state index contributed by atoms with van der Waals surface area (Å²) in [4.78, 5) is 5.63. The molecule has 1 aromatic heterocycles. The summed E-state index contributed by atoms with van der Waals surface area (Å²) in [7, 11) is 0. The van der Waals surface area contributed by atoms with Crippen LogP contribution in [0.1, 0.15) is 34.6 Å². The number of nitrogens with zero attached hydrogens (tertiary/aromatic N) is 1. The van der Waals surface area contributed by atoms with Gasteiger partial charge in [0.05, 0.1) is 0 Å². The summed E-state index contributed by atoms with van der Waals surface area (Å²) in [6.45, 7) is 8.06. The molecule has 3 rings (SSSR count). The Labute approximate surface area is 108 Å². The molecule has 1 atom stereocenters. The Morgan fingerprint density at radius 3 is 2.82 bits per heavy atom. The molecule has 1 aromatic rings. The van der Waals surface area contributed by atoms with Crippen molar-refractivity contribution in [2.45, 2.75) is 51.7 Å². The highest BCUT2D eigenvalue weighted by Gasteiger charge is 2.34. The Hall–Kier alpha value is -0.380. The maximum Gasteiger partial charge on any atom is 0.0303 e. The monoisotopic (exact) mass is 250 g/mol.